The number of hydrogen-bond donors (Lipinski definition) is 2. The predicted octanol–water partition coefficient (Wildman–Crippen LogP) is 3.63. The maximum atomic E-state index is 13.7. The quantitative estimate of drug-likeness (QED) is 0.291. The molecule has 5 rings (SSSR count). The first-order valence-electron chi connectivity index (χ1n) is 11.5. The number of hydrogen-bond acceptors (Lipinski definition) is 8. The molecule has 0 aliphatic carbocycles. The highest BCUT2D eigenvalue weighted by atomic mass is 16.5. The third-order valence-electron chi connectivity index (χ3n) is 6.13. The Kier molecular flexibility index (Phi) is 6.19. The van der Waals surface area contributed by atoms with Crippen LogP contribution in [0.5, 0.6) is 17.2 Å². The van der Waals surface area contributed by atoms with Gasteiger partial charge in [-0.25, -0.2) is 4.79 Å². The molecule has 3 aromatic carbocycles. The van der Waals surface area contributed by atoms with Gasteiger partial charge in [-0.15, -0.1) is 0 Å². The number of likely N-dealkylation sites (tertiary alicyclic amines) is 1. The minimum atomic E-state index is -0.718. The Morgan fingerprint density at radius 2 is 1.49 bits per heavy atom. The van der Waals surface area contributed by atoms with E-state index in [0.29, 0.717) is 22.3 Å². The van der Waals surface area contributed by atoms with Crippen molar-refractivity contribution in [1.29, 1.82) is 0 Å². The van der Waals surface area contributed by atoms with Crippen molar-refractivity contribution in [3.8, 4) is 28.6 Å². The van der Waals surface area contributed by atoms with Gasteiger partial charge in [-0.2, -0.15) is 0 Å². The molecule has 2 amide bonds. The summed E-state index contributed by atoms with van der Waals surface area (Å²) in [5.74, 6) is -0.504. The summed E-state index contributed by atoms with van der Waals surface area (Å²) in [7, 11) is 0. The van der Waals surface area contributed by atoms with E-state index in [2.05, 4.69) is 0 Å². The molecule has 9 heteroatoms. The number of carbonyl (C=O) groups is 3. The number of ether oxygens (including phenoxy) is 1. The Morgan fingerprint density at radius 1 is 0.838 bits per heavy atom. The van der Waals surface area contributed by atoms with E-state index < -0.39 is 11.4 Å². The summed E-state index contributed by atoms with van der Waals surface area (Å²) in [4.78, 5) is 51.0. The van der Waals surface area contributed by atoms with Crippen molar-refractivity contribution in [2.45, 2.75) is 12.8 Å². The van der Waals surface area contributed by atoms with Crippen LogP contribution in [0.4, 0.5) is 0 Å². The molecule has 186 valence electrons. The molecule has 0 unspecified atom stereocenters. The van der Waals surface area contributed by atoms with Crippen molar-refractivity contribution >= 4 is 28.4 Å². The van der Waals surface area contributed by atoms with Gasteiger partial charge in [0.25, 0.3) is 0 Å². The molecule has 0 spiro atoms. The lowest BCUT2D eigenvalue weighted by molar-refractivity contribution is -0.138. The van der Waals surface area contributed by atoms with E-state index in [9.17, 15) is 29.4 Å². The van der Waals surface area contributed by atoms with Crippen molar-refractivity contribution in [1.82, 2.24) is 4.90 Å². The second-order valence-electron chi connectivity index (χ2n) is 8.51. The van der Waals surface area contributed by atoms with Gasteiger partial charge in [0.15, 0.2) is 5.78 Å². The molecular formula is C28H21NO8. The van der Waals surface area contributed by atoms with Gasteiger partial charge in [0.2, 0.25) is 11.8 Å². The number of benzene rings is 3. The van der Waals surface area contributed by atoms with Crippen LogP contribution in [0.25, 0.3) is 22.1 Å². The van der Waals surface area contributed by atoms with E-state index in [0.717, 1.165) is 0 Å². The molecule has 0 bridgehead atoms. The summed E-state index contributed by atoms with van der Waals surface area (Å²) in [5.41, 5.74) is 0.115. The van der Waals surface area contributed by atoms with Crippen LogP contribution in [0.2, 0.25) is 0 Å². The number of imide groups is 1. The van der Waals surface area contributed by atoms with E-state index in [-0.39, 0.29) is 66.0 Å². The van der Waals surface area contributed by atoms with Gasteiger partial charge in [0.1, 0.15) is 29.6 Å². The average Bonchev–Trinajstić information content (AvgIpc) is 3.21. The van der Waals surface area contributed by atoms with E-state index in [1.165, 1.54) is 47.4 Å². The number of aromatic hydroxyl groups is 2. The molecule has 37 heavy (non-hydrogen) atoms. The highest BCUT2D eigenvalue weighted by Crippen LogP contribution is 2.33. The maximum Gasteiger partial charge on any atom is 0.344 e. The summed E-state index contributed by atoms with van der Waals surface area (Å²) in [6.45, 7) is 0.268. The Hall–Kier alpha value is -4.92. The molecule has 2 heterocycles. The molecule has 0 atom stereocenters. The van der Waals surface area contributed by atoms with Crippen molar-refractivity contribution in [3.05, 3.63) is 88.3 Å². The lowest BCUT2D eigenvalue weighted by atomic mass is 9.94. The lowest BCUT2D eigenvalue weighted by Crippen LogP contribution is -2.33. The number of phenols is 2. The first-order valence-corrected chi connectivity index (χ1v) is 11.5. The molecule has 1 fully saturated rings. The molecule has 1 aromatic heterocycles. The Balaban J connectivity index is 1.46. The number of phenolic OH excluding ortho intramolecular Hbond substituents is 2. The number of ketones is 1. The van der Waals surface area contributed by atoms with Crippen LogP contribution in [0.15, 0.2) is 75.9 Å². The standard InChI is InChI=1S/C28H21NO8/c30-18-5-1-17(2-6-18)27-25(21-10-7-19(31)15-22(21)28(35)37-27)26(34)16-3-8-20(9-4-16)36-14-13-29-23(32)11-12-24(29)33/h1-10,15,30-31H,11-14H2. The lowest BCUT2D eigenvalue weighted by Gasteiger charge is -2.14. The zero-order valence-corrected chi connectivity index (χ0v) is 19.5. The summed E-state index contributed by atoms with van der Waals surface area (Å²) >= 11 is 0. The van der Waals surface area contributed by atoms with Gasteiger partial charge in [0, 0.05) is 29.4 Å². The van der Waals surface area contributed by atoms with Crippen LogP contribution < -0.4 is 10.4 Å². The van der Waals surface area contributed by atoms with Crippen LogP contribution in [-0.4, -0.2) is 45.9 Å². The van der Waals surface area contributed by atoms with Gasteiger partial charge in [0.05, 0.1) is 17.5 Å². The second-order valence-corrected chi connectivity index (χ2v) is 8.51. The molecular weight excluding hydrogens is 478 g/mol. The highest BCUT2D eigenvalue weighted by molar-refractivity contribution is 6.19. The maximum absolute atomic E-state index is 13.7. The Morgan fingerprint density at radius 3 is 2.16 bits per heavy atom. The zero-order valence-electron chi connectivity index (χ0n) is 19.5. The molecule has 1 saturated heterocycles. The van der Waals surface area contributed by atoms with Crippen LogP contribution in [0.1, 0.15) is 28.8 Å². The van der Waals surface area contributed by atoms with Gasteiger partial charge < -0.3 is 19.4 Å². The second kappa shape index (κ2) is 9.62. The molecule has 1 aliphatic heterocycles. The van der Waals surface area contributed by atoms with Gasteiger partial charge in [-0.3, -0.25) is 19.3 Å². The number of rotatable bonds is 7. The smallest absolute Gasteiger partial charge is 0.344 e. The van der Waals surface area contributed by atoms with Gasteiger partial charge in [-0.05, 0) is 66.7 Å². The van der Waals surface area contributed by atoms with Crippen molar-refractivity contribution in [2.75, 3.05) is 13.2 Å². The van der Waals surface area contributed by atoms with Crippen LogP contribution >= 0.6 is 0 Å². The van der Waals surface area contributed by atoms with Crippen molar-refractivity contribution in [3.63, 3.8) is 0 Å². The third kappa shape index (κ3) is 4.66. The van der Waals surface area contributed by atoms with E-state index in [4.69, 9.17) is 9.15 Å². The Labute approximate surface area is 210 Å². The summed E-state index contributed by atoms with van der Waals surface area (Å²) in [6, 6.07) is 16.3. The predicted molar refractivity (Wildman–Crippen MR) is 133 cm³/mol. The van der Waals surface area contributed by atoms with E-state index >= 15 is 0 Å². The minimum Gasteiger partial charge on any atom is -0.508 e. The monoisotopic (exact) mass is 499 g/mol. The third-order valence-corrected chi connectivity index (χ3v) is 6.13. The summed E-state index contributed by atoms with van der Waals surface area (Å²) in [5, 5.41) is 19.9. The van der Waals surface area contributed by atoms with Gasteiger partial charge in [-0.1, -0.05) is 0 Å². The topological polar surface area (TPSA) is 134 Å². The Bertz CT molecular complexity index is 1570. The molecule has 4 aromatic rings. The van der Waals surface area contributed by atoms with Gasteiger partial charge >= 0.3 is 5.63 Å². The fourth-order valence-corrected chi connectivity index (χ4v) is 4.26. The summed E-state index contributed by atoms with van der Waals surface area (Å²) in [6.07, 6.45) is 0.436. The SMILES string of the molecule is O=C(c1ccc(OCCN2C(=O)CCC2=O)cc1)c1c(-c2ccc(O)cc2)oc(=O)c2cc(O)ccc12. The molecule has 2 N–H and O–H groups in total. The van der Waals surface area contributed by atoms with Crippen LogP contribution in [0, 0.1) is 0 Å². The average molecular weight is 499 g/mol. The van der Waals surface area contributed by atoms with Crippen LogP contribution in [0.3, 0.4) is 0 Å². The molecule has 0 saturated carbocycles. The number of carbonyl (C=O) groups excluding carboxylic acids is 3. The number of fused-ring (bicyclic) bond motifs is 1. The first kappa shape index (κ1) is 23.8. The van der Waals surface area contributed by atoms with Crippen LogP contribution in [-0.2, 0) is 9.59 Å². The van der Waals surface area contributed by atoms with E-state index in [1.54, 1.807) is 24.3 Å². The first-order chi connectivity index (χ1) is 17.8. The fraction of sp³-hybridized carbons (Fsp3) is 0.143. The minimum absolute atomic E-state index is 0.0127. The van der Waals surface area contributed by atoms with Crippen molar-refractivity contribution in [2.24, 2.45) is 0 Å². The molecule has 0 radical (unpaired) electrons. The number of amides is 2. The van der Waals surface area contributed by atoms with E-state index in [1.807, 2.05) is 0 Å². The number of nitrogens with zero attached hydrogens (tertiary/aromatic N) is 1. The zero-order chi connectivity index (χ0) is 26.1. The summed E-state index contributed by atoms with van der Waals surface area (Å²) < 4.78 is 11.2. The fourth-order valence-electron chi connectivity index (χ4n) is 4.26. The largest absolute Gasteiger partial charge is 0.508 e. The molecule has 9 nitrogen and oxygen atoms in total. The normalized spacial score (nSPS) is 13.4. The van der Waals surface area contributed by atoms with Crippen molar-refractivity contribution < 1.29 is 33.8 Å². The molecule has 1 aliphatic rings. The highest BCUT2D eigenvalue weighted by Gasteiger charge is 2.28.